The van der Waals surface area contributed by atoms with Gasteiger partial charge in [-0.3, -0.25) is 9.69 Å². The molecule has 1 fully saturated rings. The van der Waals surface area contributed by atoms with Crippen LogP contribution >= 0.6 is 11.8 Å². The first kappa shape index (κ1) is 20.0. The fraction of sp³-hybridized carbons (Fsp3) is 0.375. The van der Waals surface area contributed by atoms with E-state index >= 15 is 0 Å². The summed E-state index contributed by atoms with van der Waals surface area (Å²) in [5, 5.41) is 2.94. The zero-order chi connectivity index (χ0) is 20.1. The highest BCUT2D eigenvalue weighted by Gasteiger charge is 2.16. The van der Waals surface area contributed by atoms with Crippen LogP contribution in [0.25, 0.3) is 6.08 Å². The molecule has 0 aromatic heterocycles. The molecule has 0 radical (unpaired) electrons. The van der Waals surface area contributed by atoms with Crippen molar-refractivity contribution in [1.82, 2.24) is 4.90 Å². The molecule has 152 valence electrons. The summed E-state index contributed by atoms with van der Waals surface area (Å²) in [4.78, 5) is 17.8. The number of aryl methyl sites for hydroxylation is 1. The third-order valence-electron chi connectivity index (χ3n) is 5.76. The minimum atomic E-state index is 0.123. The largest absolute Gasteiger partial charge is 0.369 e. The molecule has 2 aromatic carbocycles. The molecular formula is C24H29N3OS. The molecule has 4 nitrogen and oxygen atoms in total. The molecule has 0 atom stereocenters. The molecule has 1 amide bonds. The van der Waals surface area contributed by atoms with Gasteiger partial charge in [-0.25, -0.2) is 0 Å². The smallest absolute Gasteiger partial charge is 0.224 e. The summed E-state index contributed by atoms with van der Waals surface area (Å²) in [5.41, 5.74) is 4.78. The van der Waals surface area contributed by atoms with Gasteiger partial charge >= 0.3 is 0 Å². The van der Waals surface area contributed by atoms with Crippen molar-refractivity contribution < 1.29 is 4.79 Å². The Bertz CT molecular complexity index is 870. The lowest BCUT2D eigenvalue weighted by molar-refractivity contribution is -0.116. The third-order valence-corrected chi connectivity index (χ3v) is 6.50. The quantitative estimate of drug-likeness (QED) is 0.714. The highest BCUT2D eigenvalue weighted by atomic mass is 32.2. The van der Waals surface area contributed by atoms with E-state index in [1.807, 2.05) is 6.07 Å². The Hall–Kier alpha value is -2.24. The molecule has 2 aromatic rings. The number of thioether (sulfide) groups is 1. The lowest BCUT2D eigenvalue weighted by Crippen LogP contribution is -2.46. The molecule has 0 bridgehead atoms. The number of hydrogen-bond donors (Lipinski definition) is 1. The first-order chi connectivity index (χ1) is 14.2. The van der Waals surface area contributed by atoms with Crippen LogP contribution in [0, 0.1) is 0 Å². The van der Waals surface area contributed by atoms with Crippen molar-refractivity contribution in [1.29, 1.82) is 0 Å². The molecule has 5 heteroatoms. The first-order valence-corrected chi connectivity index (χ1v) is 11.6. The summed E-state index contributed by atoms with van der Waals surface area (Å²) in [6, 6.07) is 15.2. The zero-order valence-electron chi connectivity index (χ0n) is 17.1. The summed E-state index contributed by atoms with van der Waals surface area (Å²) >= 11 is 1.79. The molecule has 2 aliphatic rings. The number of piperazine rings is 1. The lowest BCUT2D eigenvalue weighted by Gasteiger charge is -2.36. The van der Waals surface area contributed by atoms with Crippen LogP contribution in [0.4, 0.5) is 11.4 Å². The Kier molecular flexibility index (Phi) is 6.57. The number of anilines is 2. The number of nitrogens with zero attached hydrogens (tertiary/aromatic N) is 2. The average molecular weight is 408 g/mol. The second kappa shape index (κ2) is 9.51. The number of fused-ring (bicyclic) bond motifs is 1. The van der Waals surface area contributed by atoms with Crippen LogP contribution in [-0.2, 0) is 11.2 Å². The van der Waals surface area contributed by atoms with Crippen LogP contribution in [0.1, 0.15) is 24.0 Å². The SMILES string of the molecule is CSc1ccc(N2CCN(CC/C=C/c3ccc4c(c3)CCC(=O)N4)CC2)cc1. The highest BCUT2D eigenvalue weighted by molar-refractivity contribution is 7.98. The summed E-state index contributed by atoms with van der Waals surface area (Å²) in [6.45, 7) is 5.54. The standard InChI is InChI=1S/C24H29N3OS/c1-29-22-9-7-21(8-10-22)27-16-14-26(15-17-27)13-3-2-4-19-5-11-23-20(18-19)6-12-24(28)25-23/h2,4-5,7-11,18H,3,6,12-17H2,1H3,(H,25,28)/b4-2+. The predicted octanol–water partition coefficient (Wildman–Crippen LogP) is 4.52. The van der Waals surface area contributed by atoms with Gasteiger partial charge in [-0.2, -0.15) is 0 Å². The summed E-state index contributed by atoms with van der Waals surface area (Å²) in [5.74, 6) is 0.123. The Morgan fingerprint density at radius 1 is 1.03 bits per heavy atom. The average Bonchev–Trinajstić information content (AvgIpc) is 2.77. The maximum atomic E-state index is 11.5. The minimum Gasteiger partial charge on any atom is -0.369 e. The van der Waals surface area contributed by atoms with Gasteiger partial charge in [0.15, 0.2) is 0 Å². The zero-order valence-corrected chi connectivity index (χ0v) is 17.9. The number of carbonyl (C=O) groups is 1. The maximum absolute atomic E-state index is 11.5. The number of rotatable bonds is 6. The monoisotopic (exact) mass is 407 g/mol. The van der Waals surface area contributed by atoms with E-state index in [0.717, 1.165) is 51.3 Å². The topological polar surface area (TPSA) is 35.6 Å². The number of amides is 1. The van der Waals surface area contributed by atoms with E-state index in [1.165, 1.54) is 21.7 Å². The molecule has 1 N–H and O–H groups in total. The van der Waals surface area contributed by atoms with E-state index in [0.29, 0.717) is 6.42 Å². The van der Waals surface area contributed by atoms with Gasteiger partial charge in [0, 0.05) is 55.4 Å². The summed E-state index contributed by atoms with van der Waals surface area (Å²) in [6.07, 6.45) is 9.10. The molecular weight excluding hydrogens is 378 g/mol. The Morgan fingerprint density at radius 3 is 2.59 bits per heavy atom. The molecule has 1 saturated heterocycles. The van der Waals surface area contributed by atoms with E-state index in [9.17, 15) is 4.79 Å². The summed E-state index contributed by atoms with van der Waals surface area (Å²) < 4.78 is 0. The van der Waals surface area contributed by atoms with Crippen molar-refractivity contribution >= 4 is 35.1 Å². The predicted molar refractivity (Wildman–Crippen MR) is 124 cm³/mol. The minimum absolute atomic E-state index is 0.123. The van der Waals surface area contributed by atoms with Gasteiger partial charge in [-0.05, 0) is 66.6 Å². The molecule has 0 saturated carbocycles. The Labute approximate surface area is 178 Å². The van der Waals surface area contributed by atoms with Crippen molar-refractivity contribution in [2.24, 2.45) is 0 Å². The molecule has 2 aliphatic heterocycles. The van der Waals surface area contributed by atoms with Crippen molar-refractivity contribution in [3.63, 3.8) is 0 Å². The number of carbonyl (C=O) groups excluding carboxylic acids is 1. The van der Waals surface area contributed by atoms with Gasteiger partial charge in [0.2, 0.25) is 5.91 Å². The van der Waals surface area contributed by atoms with Crippen LogP contribution in [0.3, 0.4) is 0 Å². The van der Waals surface area contributed by atoms with Gasteiger partial charge in [-0.1, -0.05) is 18.2 Å². The van der Waals surface area contributed by atoms with Gasteiger partial charge < -0.3 is 10.2 Å². The number of hydrogen-bond acceptors (Lipinski definition) is 4. The van der Waals surface area contributed by atoms with Gasteiger partial charge in [0.25, 0.3) is 0 Å². The molecule has 0 unspecified atom stereocenters. The van der Waals surface area contributed by atoms with Crippen molar-refractivity contribution in [3.05, 3.63) is 59.7 Å². The fourth-order valence-corrected chi connectivity index (χ4v) is 4.41. The maximum Gasteiger partial charge on any atom is 0.224 e. The molecule has 0 spiro atoms. The third kappa shape index (κ3) is 5.22. The van der Waals surface area contributed by atoms with Gasteiger partial charge in [-0.15, -0.1) is 11.8 Å². The number of benzene rings is 2. The van der Waals surface area contributed by atoms with Crippen molar-refractivity contribution in [2.75, 3.05) is 49.2 Å². The second-order valence-corrected chi connectivity index (χ2v) is 8.56. The number of nitrogens with one attached hydrogen (secondary N) is 1. The van der Waals surface area contributed by atoms with Gasteiger partial charge in [0.1, 0.15) is 0 Å². The van der Waals surface area contributed by atoms with E-state index in [-0.39, 0.29) is 5.91 Å². The Morgan fingerprint density at radius 2 is 1.83 bits per heavy atom. The first-order valence-electron chi connectivity index (χ1n) is 10.4. The normalized spacial score (nSPS) is 17.4. The molecule has 29 heavy (non-hydrogen) atoms. The van der Waals surface area contributed by atoms with E-state index in [1.54, 1.807) is 11.8 Å². The van der Waals surface area contributed by atoms with E-state index < -0.39 is 0 Å². The van der Waals surface area contributed by atoms with Crippen LogP contribution in [0.2, 0.25) is 0 Å². The molecule has 2 heterocycles. The second-order valence-electron chi connectivity index (χ2n) is 7.68. The summed E-state index contributed by atoms with van der Waals surface area (Å²) in [7, 11) is 0. The van der Waals surface area contributed by atoms with Crippen LogP contribution in [-0.4, -0.2) is 49.8 Å². The van der Waals surface area contributed by atoms with Crippen LogP contribution < -0.4 is 10.2 Å². The van der Waals surface area contributed by atoms with Crippen LogP contribution in [0.15, 0.2) is 53.4 Å². The fourth-order valence-electron chi connectivity index (χ4n) is 4.01. The Balaban J connectivity index is 1.22. The van der Waals surface area contributed by atoms with Crippen molar-refractivity contribution in [2.45, 2.75) is 24.2 Å². The highest BCUT2D eigenvalue weighted by Crippen LogP contribution is 2.24. The van der Waals surface area contributed by atoms with Crippen LogP contribution in [0.5, 0.6) is 0 Å². The van der Waals surface area contributed by atoms with Gasteiger partial charge in [0.05, 0.1) is 0 Å². The van der Waals surface area contributed by atoms with E-state index in [2.05, 4.69) is 69.9 Å². The lowest BCUT2D eigenvalue weighted by atomic mass is 10.00. The van der Waals surface area contributed by atoms with Crippen molar-refractivity contribution in [3.8, 4) is 0 Å². The molecule has 0 aliphatic carbocycles. The van der Waals surface area contributed by atoms with E-state index in [4.69, 9.17) is 0 Å². The molecule has 4 rings (SSSR count).